The Hall–Kier alpha value is -3.09. The first-order valence-corrected chi connectivity index (χ1v) is 9.74. The van der Waals surface area contributed by atoms with E-state index in [1.165, 1.54) is 9.13 Å². The lowest BCUT2D eigenvalue weighted by molar-refractivity contribution is 0.0538. The van der Waals surface area contributed by atoms with E-state index in [-0.39, 0.29) is 17.8 Å². The number of ether oxygens (including phenoxy) is 1. The lowest BCUT2D eigenvalue weighted by Gasteiger charge is -2.20. The molecule has 0 fully saturated rings. The highest BCUT2D eigenvalue weighted by molar-refractivity contribution is 5.89. The number of nitrogens with zero attached hydrogens (tertiary/aromatic N) is 3. The van der Waals surface area contributed by atoms with Crippen LogP contribution < -0.4 is 11.3 Å². The van der Waals surface area contributed by atoms with Gasteiger partial charge in [0.15, 0.2) is 0 Å². The largest absolute Gasteiger partial charge is 0.443 e. The van der Waals surface area contributed by atoms with Gasteiger partial charge in [0, 0.05) is 6.20 Å². The Morgan fingerprint density at radius 1 is 1.21 bits per heavy atom. The quantitative estimate of drug-likeness (QED) is 0.724. The molecule has 1 aromatic carbocycles. The summed E-state index contributed by atoms with van der Waals surface area (Å²) in [5, 5.41) is 0. The molecule has 0 aliphatic rings. The molecule has 3 aromatic rings. The van der Waals surface area contributed by atoms with Crippen LogP contribution in [0.1, 0.15) is 46.0 Å². The zero-order valence-electron chi connectivity index (χ0n) is 17.6. The minimum absolute atomic E-state index is 0.110. The maximum atomic E-state index is 13.0. The number of hydrogen-bond donors (Lipinski definition) is 1. The number of pyridine rings is 1. The average Bonchev–Trinajstić information content (AvgIpc) is 2.96. The van der Waals surface area contributed by atoms with Crippen LogP contribution in [-0.4, -0.2) is 25.8 Å². The summed E-state index contributed by atoms with van der Waals surface area (Å²) in [6, 6.07) is 9.03. The molecule has 7 nitrogen and oxygen atoms in total. The van der Waals surface area contributed by atoms with E-state index in [9.17, 15) is 9.59 Å². The first-order valence-electron chi connectivity index (χ1n) is 9.74. The van der Waals surface area contributed by atoms with Crippen molar-refractivity contribution >= 4 is 22.8 Å². The minimum Gasteiger partial charge on any atom is -0.443 e. The van der Waals surface area contributed by atoms with Gasteiger partial charge in [0.25, 0.3) is 5.56 Å². The summed E-state index contributed by atoms with van der Waals surface area (Å²) in [7, 11) is 0. The van der Waals surface area contributed by atoms with Crippen molar-refractivity contribution in [1.82, 2.24) is 14.1 Å². The van der Waals surface area contributed by atoms with Crippen LogP contribution in [0, 0.1) is 5.92 Å². The predicted octanol–water partition coefficient (Wildman–Crippen LogP) is 3.81. The number of fused-ring (bicyclic) bond motifs is 1. The molecule has 0 saturated heterocycles. The zero-order valence-corrected chi connectivity index (χ0v) is 17.6. The molecule has 0 bridgehead atoms. The summed E-state index contributed by atoms with van der Waals surface area (Å²) in [6.07, 6.45) is 1.95. The van der Waals surface area contributed by atoms with Gasteiger partial charge in [-0.2, -0.15) is 0 Å². The second-order valence-corrected chi connectivity index (χ2v) is 8.62. The molecule has 3 rings (SSSR count). The van der Waals surface area contributed by atoms with E-state index in [2.05, 4.69) is 13.8 Å². The van der Waals surface area contributed by atoms with Gasteiger partial charge in [0.05, 0.1) is 23.3 Å². The van der Waals surface area contributed by atoms with Crippen molar-refractivity contribution in [2.24, 2.45) is 5.92 Å². The predicted molar refractivity (Wildman–Crippen MR) is 114 cm³/mol. The lowest BCUT2D eigenvalue weighted by atomic mass is 10.0. The molecular weight excluding hydrogens is 368 g/mol. The van der Waals surface area contributed by atoms with Gasteiger partial charge in [-0.1, -0.05) is 26.0 Å². The van der Waals surface area contributed by atoms with Gasteiger partial charge in [0.1, 0.15) is 11.4 Å². The van der Waals surface area contributed by atoms with E-state index in [1.54, 1.807) is 18.3 Å². The van der Waals surface area contributed by atoms with E-state index in [4.69, 9.17) is 15.5 Å². The number of carbonyl (C=O) groups excluding carboxylic acids is 1. The fourth-order valence-corrected chi connectivity index (χ4v) is 3.26. The number of para-hydroxylation sites is 1. The van der Waals surface area contributed by atoms with Gasteiger partial charge >= 0.3 is 6.09 Å². The standard InChI is InChI=1S/C22H28N4O3/c1-14(2)12-15-8-6-10-17-19(15)24-18(26(17)21(28)29-22(3,4)5)13-25-11-7-9-16(23)20(25)27/h6-11,14H,12-13,23H2,1-5H3. The Labute approximate surface area is 170 Å². The van der Waals surface area contributed by atoms with Crippen molar-refractivity contribution in [2.45, 2.75) is 53.2 Å². The molecule has 7 heteroatoms. The third-order valence-electron chi connectivity index (χ3n) is 4.40. The van der Waals surface area contributed by atoms with Gasteiger partial charge in [-0.25, -0.2) is 14.3 Å². The van der Waals surface area contributed by atoms with Crippen LogP contribution in [0.5, 0.6) is 0 Å². The maximum absolute atomic E-state index is 13.0. The molecule has 0 radical (unpaired) electrons. The third kappa shape index (κ3) is 4.50. The van der Waals surface area contributed by atoms with Crippen LogP contribution >= 0.6 is 0 Å². The number of benzene rings is 1. The van der Waals surface area contributed by atoms with Crippen LogP contribution in [0.3, 0.4) is 0 Å². The smallest absolute Gasteiger partial charge is 0.420 e. The highest BCUT2D eigenvalue weighted by atomic mass is 16.6. The number of rotatable bonds is 4. The molecular formula is C22H28N4O3. The van der Waals surface area contributed by atoms with Crippen molar-refractivity contribution in [3.63, 3.8) is 0 Å². The molecule has 0 unspecified atom stereocenters. The summed E-state index contributed by atoms with van der Waals surface area (Å²) in [6.45, 7) is 9.83. The van der Waals surface area contributed by atoms with Crippen molar-refractivity contribution in [3.05, 3.63) is 58.3 Å². The summed E-state index contributed by atoms with van der Waals surface area (Å²) in [5.41, 5.74) is 7.40. The number of imidazole rings is 1. The molecule has 0 aliphatic carbocycles. The molecule has 2 aromatic heterocycles. The van der Waals surface area contributed by atoms with Gasteiger partial charge in [-0.15, -0.1) is 0 Å². The third-order valence-corrected chi connectivity index (χ3v) is 4.40. The Bertz CT molecular complexity index is 1100. The molecule has 0 aliphatic heterocycles. The molecule has 2 heterocycles. The SMILES string of the molecule is CC(C)Cc1cccc2c1nc(Cn1cccc(N)c1=O)n2C(=O)OC(C)(C)C. The van der Waals surface area contributed by atoms with E-state index in [0.717, 1.165) is 17.5 Å². The average molecular weight is 396 g/mol. The summed E-state index contributed by atoms with van der Waals surface area (Å²) < 4.78 is 8.52. The lowest BCUT2D eigenvalue weighted by Crippen LogP contribution is -2.29. The molecule has 154 valence electrons. The highest BCUT2D eigenvalue weighted by Gasteiger charge is 2.24. The van der Waals surface area contributed by atoms with Crippen LogP contribution in [0.25, 0.3) is 11.0 Å². The van der Waals surface area contributed by atoms with Crippen LogP contribution in [0.15, 0.2) is 41.3 Å². The fourth-order valence-electron chi connectivity index (χ4n) is 3.26. The molecule has 0 saturated carbocycles. The van der Waals surface area contributed by atoms with Crippen LogP contribution in [0.2, 0.25) is 0 Å². The minimum atomic E-state index is -0.658. The van der Waals surface area contributed by atoms with Crippen molar-refractivity contribution in [1.29, 1.82) is 0 Å². The van der Waals surface area contributed by atoms with E-state index in [0.29, 0.717) is 17.3 Å². The second kappa shape index (κ2) is 7.73. The molecule has 0 atom stereocenters. The van der Waals surface area contributed by atoms with Crippen molar-refractivity contribution in [2.75, 3.05) is 5.73 Å². The van der Waals surface area contributed by atoms with Gasteiger partial charge in [-0.05, 0) is 56.9 Å². The number of carbonyl (C=O) groups is 1. The number of aromatic nitrogens is 3. The van der Waals surface area contributed by atoms with Crippen molar-refractivity contribution < 1.29 is 9.53 Å². The monoisotopic (exact) mass is 396 g/mol. The number of anilines is 1. The van der Waals surface area contributed by atoms with Gasteiger partial charge in [-0.3, -0.25) is 4.79 Å². The topological polar surface area (TPSA) is 92.1 Å². The van der Waals surface area contributed by atoms with Crippen molar-refractivity contribution in [3.8, 4) is 0 Å². The first kappa shape index (κ1) is 20.6. The Balaban J connectivity index is 2.18. The normalized spacial score (nSPS) is 11.9. The molecule has 29 heavy (non-hydrogen) atoms. The fraction of sp³-hybridized carbons (Fsp3) is 0.409. The maximum Gasteiger partial charge on any atom is 0.420 e. The van der Waals surface area contributed by atoms with Crippen LogP contribution in [-0.2, 0) is 17.7 Å². The summed E-state index contributed by atoms with van der Waals surface area (Å²) in [5.74, 6) is 0.866. The van der Waals surface area contributed by atoms with Crippen LogP contribution in [0.4, 0.5) is 10.5 Å². The number of nitrogen functional groups attached to an aromatic ring is 1. The molecule has 0 spiro atoms. The van der Waals surface area contributed by atoms with E-state index >= 15 is 0 Å². The van der Waals surface area contributed by atoms with E-state index in [1.807, 2.05) is 39.0 Å². The summed E-state index contributed by atoms with van der Waals surface area (Å²) in [4.78, 5) is 30.2. The molecule has 2 N–H and O–H groups in total. The Morgan fingerprint density at radius 2 is 1.93 bits per heavy atom. The number of nitrogens with two attached hydrogens (primary N) is 1. The Morgan fingerprint density at radius 3 is 2.59 bits per heavy atom. The zero-order chi connectivity index (χ0) is 21.3. The second-order valence-electron chi connectivity index (χ2n) is 8.62. The highest BCUT2D eigenvalue weighted by Crippen LogP contribution is 2.24. The Kier molecular flexibility index (Phi) is 5.50. The number of hydrogen-bond acceptors (Lipinski definition) is 5. The molecule has 0 amide bonds. The first-order chi connectivity index (χ1) is 13.6. The van der Waals surface area contributed by atoms with E-state index < -0.39 is 11.7 Å². The van der Waals surface area contributed by atoms with Gasteiger partial charge < -0.3 is 15.0 Å². The van der Waals surface area contributed by atoms with Gasteiger partial charge in [0.2, 0.25) is 0 Å². The summed E-state index contributed by atoms with van der Waals surface area (Å²) >= 11 is 0.